The van der Waals surface area contributed by atoms with Gasteiger partial charge in [0.2, 0.25) is 6.79 Å². The molecular weight excluding hydrogens is 317 g/mol. The molecule has 0 spiro atoms. The first kappa shape index (κ1) is 15.8. The van der Waals surface area contributed by atoms with Crippen molar-refractivity contribution in [3.63, 3.8) is 0 Å². The summed E-state index contributed by atoms with van der Waals surface area (Å²) in [5, 5.41) is 2.64. The fraction of sp³-hybridized carbons (Fsp3) is 0.176. The molecule has 7 heteroatoms. The molecule has 6 nitrogen and oxygen atoms in total. The number of hydrogen-bond donors (Lipinski definition) is 1. The Bertz CT molecular complexity index is 806. The van der Waals surface area contributed by atoms with Crippen molar-refractivity contribution in [3.05, 3.63) is 47.8 Å². The number of Topliss-reactive ketones (excluding diaryl/α,β-unsaturated/α-hetero) is 1. The Morgan fingerprint density at radius 3 is 2.75 bits per heavy atom. The van der Waals surface area contributed by atoms with Crippen LogP contribution in [0.5, 0.6) is 17.2 Å². The molecule has 1 aliphatic heterocycles. The van der Waals surface area contributed by atoms with E-state index in [1.165, 1.54) is 13.0 Å². The average Bonchev–Trinajstić information content (AvgIpc) is 3.01. The molecule has 0 aliphatic carbocycles. The highest BCUT2D eigenvalue weighted by Gasteiger charge is 2.15. The van der Waals surface area contributed by atoms with E-state index in [-0.39, 0.29) is 30.5 Å². The van der Waals surface area contributed by atoms with Crippen LogP contribution < -0.4 is 19.5 Å². The van der Waals surface area contributed by atoms with E-state index in [1.54, 1.807) is 18.2 Å². The van der Waals surface area contributed by atoms with Crippen molar-refractivity contribution in [2.45, 2.75) is 6.92 Å². The number of benzene rings is 2. The number of nitrogens with one attached hydrogen (secondary N) is 1. The van der Waals surface area contributed by atoms with Crippen molar-refractivity contribution in [3.8, 4) is 17.2 Å². The van der Waals surface area contributed by atoms with Crippen molar-refractivity contribution >= 4 is 17.4 Å². The molecule has 124 valence electrons. The number of rotatable bonds is 5. The molecule has 0 saturated heterocycles. The lowest BCUT2D eigenvalue weighted by Crippen LogP contribution is -2.20. The molecule has 0 fully saturated rings. The minimum atomic E-state index is -0.544. The van der Waals surface area contributed by atoms with Gasteiger partial charge >= 0.3 is 0 Å². The van der Waals surface area contributed by atoms with Gasteiger partial charge in [-0.2, -0.15) is 0 Å². The number of carbonyl (C=O) groups is 2. The zero-order valence-electron chi connectivity index (χ0n) is 12.8. The number of hydrogen-bond acceptors (Lipinski definition) is 5. The normalized spacial score (nSPS) is 11.9. The van der Waals surface area contributed by atoms with Crippen LogP contribution in [0.3, 0.4) is 0 Å². The highest BCUT2D eigenvalue weighted by Crippen LogP contribution is 2.34. The first-order chi connectivity index (χ1) is 11.5. The molecule has 3 rings (SSSR count). The van der Waals surface area contributed by atoms with E-state index in [9.17, 15) is 14.0 Å². The molecule has 0 atom stereocenters. The van der Waals surface area contributed by atoms with Crippen molar-refractivity contribution < 1.29 is 28.2 Å². The van der Waals surface area contributed by atoms with Gasteiger partial charge in [-0.05, 0) is 37.3 Å². The van der Waals surface area contributed by atoms with Gasteiger partial charge < -0.3 is 19.5 Å². The van der Waals surface area contributed by atoms with Crippen molar-refractivity contribution in [2.75, 3.05) is 18.7 Å². The summed E-state index contributed by atoms with van der Waals surface area (Å²) in [6.45, 7) is 1.13. The number of carbonyl (C=O) groups excluding carboxylic acids is 2. The molecule has 2 aromatic carbocycles. The molecule has 2 aromatic rings. The van der Waals surface area contributed by atoms with Crippen LogP contribution >= 0.6 is 0 Å². The van der Waals surface area contributed by atoms with E-state index < -0.39 is 11.7 Å². The van der Waals surface area contributed by atoms with Crippen LogP contribution in [0.25, 0.3) is 0 Å². The lowest BCUT2D eigenvalue weighted by molar-refractivity contribution is -0.118. The van der Waals surface area contributed by atoms with E-state index in [0.29, 0.717) is 17.2 Å². The molecule has 0 radical (unpaired) electrons. The summed E-state index contributed by atoms with van der Waals surface area (Å²) in [7, 11) is 0. The summed E-state index contributed by atoms with van der Waals surface area (Å²) in [6, 6.07) is 8.56. The molecule has 24 heavy (non-hydrogen) atoms. The van der Waals surface area contributed by atoms with E-state index in [1.807, 2.05) is 0 Å². The third-order valence-corrected chi connectivity index (χ3v) is 3.34. The summed E-state index contributed by atoms with van der Waals surface area (Å²) in [5.74, 6) is 0.00301. The smallest absolute Gasteiger partial charge is 0.262 e. The minimum Gasteiger partial charge on any atom is -0.483 e. The standard InChI is InChI=1S/C17H14FNO5/c1-10(20)13-6-11(18)2-4-14(13)22-8-17(21)19-12-3-5-15-16(7-12)24-9-23-15/h2-7H,8-9H2,1H3,(H,19,21). The van der Waals surface area contributed by atoms with Gasteiger partial charge in [0.15, 0.2) is 23.9 Å². The molecule has 1 aliphatic rings. The predicted octanol–water partition coefficient (Wildman–Crippen LogP) is 2.77. The van der Waals surface area contributed by atoms with Gasteiger partial charge in [0.25, 0.3) is 5.91 Å². The van der Waals surface area contributed by atoms with E-state index in [2.05, 4.69) is 5.32 Å². The first-order valence-electron chi connectivity index (χ1n) is 7.16. The Labute approximate surface area is 137 Å². The van der Waals surface area contributed by atoms with E-state index in [0.717, 1.165) is 12.1 Å². The van der Waals surface area contributed by atoms with Gasteiger partial charge in [-0.15, -0.1) is 0 Å². The highest BCUT2D eigenvalue weighted by molar-refractivity contribution is 5.97. The third-order valence-electron chi connectivity index (χ3n) is 3.34. The highest BCUT2D eigenvalue weighted by atomic mass is 19.1. The summed E-state index contributed by atoms with van der Waals surface area (Å²) in [6.07, 6.45) is 0. The number of ketones is 1. The molecule has 1 amide bonds. The van der Waals surface area contributed by atoms with Crippen molar-refractivity contribution in [1.82, 2.24) is 0 Å². The zero-order valence-corrected chi connectivity index (χ0v) is 12.8. The van der Waals surface area contributed by atoms with Gasteiger partial charge in [0.1, 0.15) is 11.6 Å². The summed E-state index contributed by atoms with van der Waals surface area (Å²) < 4.78 is 28.9. The fourth-order valence-electron chi connectivity index (χ4n) is 2.22. The van der Waals surface area contributed by atoms with Crippen LogP contribution in [0.4, 0.5) is 10.1 Å². The van der Waals surface area contributed by atoms with Crippen molar-refractivity contribution in [2.24, 2.45) is 0 Å². The maximum Gasteiger partial charge on any atom is 0.262 e. The van der Waals surface area contributed by atoms with Gasteiger partial charge in [-0.1, -0.05) is 0 Å². The molecule has 0 saturated carbocycles. The molecule has 0 unspecified atom stereocenters. The zero-order chi connectivity index (χ0) is 17.1. The number of ether oxygens (including phenoxy) is 3. The summed E-state index contributed by atoms with van der Waals surface area (Å²) >= 11 is 0. The molecule has 0 aromatic heterocycles. The Balaban J connectivity index is 1.63. The van der Waals surface area contributed by atoms with Crippen LogP contribution in [0.15, 0.2) is 36.4 Å². The van der Waals surface area contributed by atoms with Crippen molar-refractivity contribution in [1.29, 1.82) is 0 Å². The summed E-state index contributed by atoms with van der Waals surface area (Å²) in [5.41, 5.74) is 0.615. The molecule has 1 heterocycles. The second-order valence-electron chi connectivity index (χ2n) is 5.10. The number of anilines is 1. The largest absolute Gasteiger partial charge is 0.483 e. The van der Waals surface area contributed by atoms with Gasteiger partial charge in [-0.25, -0.2) is 4.39 Å². The van der Waals surface area contributed by atoms with Gasteiger partial charge in [0.05, 0.1) is 5.56 Å². The lowest BCUT2D eigenvalue weighted by atomic mass is 10.1. The Morgan fingerprint density at radius 2 is 1.96 bits per heavy atom. The van der Waals surface area contributed by atoms with Crippen LogP contribution in [-0.4, -0.2) is 25.1 Å². The number of fused-ring (bicyclic) bond motifs is 1. The Morgan fingerprint density at radius 1 is 1.17 bits per heavy atom. The van der Waals surface area contributed by atoms with Crippen LogP contribution in [0, 0.1) is 5.82 Å². The average molecular weight is 331 g/mol. The third kappa shape index (κ3) is 3.45. The minimum absolute atomic E-state index is 0.0888. The van der Waals surface area contributed by atoms with Gasteiger partial charge in [-0.3, -0.25) is 9.59 Å². The van der Waals surface area contributed by atoms with Gasteiger partial charge in [0, 0.05) is 11.8 Å². The first-order valence-corrected chi connectivity index (χ1v) is 7.16. The second kappa shape index (κ2) is 6.57. The van der Waals surface area contributed by atoms with E-state index in [4.69, 9.17) is 14.2 Å². The number of halogens is 1. The maximum atomic E-state index is 13.2. The quantitative estimate of drug-likeness (QED) is 0.853. The number of amides is 1. The van der Waals surface area contributed by atoms with E-state index >= 15 is 0 Å². The summed E-state index contributed by atoms with van der Waals surface area (Å²) in [4.78, 5) is 23.5. The molecule has 0 bridgehead atoms. The Kier molecular flexibility index (Phi) is 4.33. The van der Waals surface area contributed by atoms with Crippen LogP contribution in [0.2, 0.25) is 0 Å². The predicted molar refractivity (Wildman–Crippen MR) is 83.1 cm³/mol. The SMILES string of the molecule is CC(=O)c1cc(F)ccc1OCC(=O)Nc1ccc2c(c1)OCO2. The fourth-order valence-corrected chi connectivity index (χ4v) is 2.22. The molecular formula is C17H14FNO5. The lowest BCUT2D eigenvalue weighted by Gasteiger charge is -2.10. The second-order valence-corrected chi connectivity index (χ2v) is 5.10. The maximum absolute atomic E-state index is 13.2. The van der Waals surface area contributed by atoms with Crippen LogP contribution in [-0.2, 0) is 4.79 Å². The molecule has 1 N–H and O–H groups in total. The van der Waals surface area contributed by atoms with Crippen LogP contribution in [0.1, 0.15) is 17.3 Å². The topological polar surface area (TPSA) is 73.9 Å². The monoisotopic (exact) mass is 331 g/mol. The Hall–Kier alpha value is -3.09.